The molecule has 2 aromatic carbocycles. The average Bonchev–Trinajstić information content (AvgIpc) is 3.51. The van der Waals surface area contributed by atoms with Crippen LogP contribution in [0, 0.1) is 12.7 Å². The van der Waals surface area contributed by atoms with Crippen LogP contribution >= 0.6 is 0 Å². The summed E-state index contributed by atoms with van der Waals surface area (Å²) in [6, 6.07) is 11.9. The van der Waals surface area contributed by atoms with Crippen LogP contribution in [0.5, 0.6) is 17.2 Å². The van der Waals surface area contributed by atoms with Gasteiger partial charge < -0.3 is 14.4 Å². The molecule has 5 rings (SSSR count). The summed E-state index contributed by atoms with van der Waals surface area (Å²) < 4.78 is 27.3. The number of aryl methyl sites for hydroxylation is 1. The predicted octanol–water partition coefficient (Wildman–Crippen LogP) is 5.49. The number of hydrogen-bond acceptors (Lipinski definition) is 5. The van der Waals surface area contributed by atoms with Gasteiger partial charge in [-0.1, -0.05) is 12.6 Å². The number of amides is 1. The number of nitrogens with zero attached hydrogens (tertiary/aromatic N) is 4. The largest absolute Gasteiger partial charge is 0.494 e. The van der Waals surface area contributed by atoms with E-state index in [-0.39, 0.29) is 23.4 Å². The van der Waals surface area contributed by atoms with Gasteiger partial charge in [0.1, 0.15) is 11.6 Å². The van der Waals surface area contributed by atoms with Crippen LogP contribution in [0.1, 0.15) is 30.4 Å². The minimum Gasteiger partial charge on any atom is -0.494 e. The quantitative estimate of drug-likeness (QED) is 0.347. The van der Waals surface area contributed by atoms with Crippen molar-refractivity contribution >= 4 is 11.4 Å². The fraction of sp³-hybridized carbons (Fsp3) is 0.222. The number of carbonyl (C=O) groups is 1. The number of rotatable bonds is 6. The van der Waals surface area contributed by atoms with Crippen LogP contribution in [0.2, 0.25) is 0 Å². The van der Waals surface area contributed by atoms with Crippen molar-refractivity contribution in [2.75, 3.05) is 13.7 Å². The summed E-state index contributed by atoms with van der Waals surface area (Å²) in [5, 5.41) is 0. The van der Waals surface area contributed by atoms with Gasteiger partial charge >= 0.3 is 0 Å². The molecule has 178 valence electrons. The molecule has 7 nitrogen and oxygen atoms in total. The minimum absolute atomic E-state index is 0.0834. The second-order valence-corrected chi connectivity index (χ2v) is 8.34. The molecule has 0 radical (unpaired) electrons. The smallest absolute Gasteiger partial charge is 0.246 e. The molecule has 35 heavy (non-hydrogen) atoms. The number of carbonyl (C=O) groups excluding carboxylic acids is 1. The van der Waals surface area contributed by atoms with E-state index in [4.69, 9.17) is 14.5 Å². The maximum atomic E-state index is 14.5. The highest BCUT2D eigenvalue weighted by Crippen LogP contribution is 2.37. The second kappa shape index (κ2) is 9.21. The number of likely N-dealkylation sites (tertiary alicyclic amines) is 1. The molecule has 1 amide bonds. The first kappa shape index (κ1) is 22.6. The SMILES string of the molecule is C=CC(=O)N1CCC[C@H]1c1nc(-c2ccc(Oc3cccc(OC)c3F)cc2)c2c(C)nccn12. The second-order valence-electron chi connectivity index (χ2n) is 8.34. The number of aromatic nitrogens is 3. The van der Waals surface area contributed by atoms with Gasteiger partial charge in [-0.15, -0.1) is 0 Å². The van der Waals surface area contributed by atoms with Crippen molar-refractivity contribution in [3.8, 4) is 28.5 Å². The third-order valence-corrected chi connectivity index (χ3v) is 6.28. The van der Waals surface area contributed by atoms with E-state index in [1.54, 1.807) is 30.5 Å². The van der Waals surface area contributed by atoms with Crippen LogP contribution in [0.3, 0.4) is 0 Å². The lowest BCUT2D eigenvalue weighted by molar-refractivity contribution is -0.127. The van der Waals surface area contributed by atoms with Crippen LogP contribution in [-0.2, 0) is 4.79 Å². The average molecular weight is 473 g/mol. The number of methoxy groups -OCH3 is 1. The van der Waals surface area contributed by atoms with E-state index < -0.39 is 5.82 Å². The van der Waals surface area contributed by atoms with Crippen molar-refractivity contribution in [2.45, 2.75) is 25.8 Å². The van der Waals surface area contributed by atoms with Gasteiger partial charge in [-0.25, -0.2) is 4.98 Å². The fourth-order valence-electron chi connectivity index (χ4n) is 4.61. The van der Waals surface area contributed by atoms with E-state index >= 15 is 0 Å². The fourth-order valence-corrected chi connectivity index (χ4v) is 4.61. The predicted molar refractivity (Wildman–Crippen MR) is 130 cm³/mol. The lowest BCUT2D eigenvalue weighted by atomic mass is 10.1. The van der Waals surface area contributed by atoms with Crippen LogP contribution in [0.15, 0.2) is 67.5 Å². The molecule has 8 heteroatoms. The standard InChI is InChI=1S/C27H25FN4O3/c1-4-23(33)31-15-6-7-20(31)27-30-25(26-17(2)29-14-16-32(26)27)18-10-12-19(13-11-18)35-22-9-5-8-21(34-3)24(22)28/h4-5,8-14,16,20H,1,6-7,15H2,2-3H3/t20-/m0/s1. The maximum Gasteiger partial charge on any atom is 0.246 e. The van der Waals surface area contributed by atoms with E-state index in [0.29, 0.717) is 12.3 Å². The highest BCUT2D eigenvalue weighted by atomic mass is 19.1. The Bertz CT molecular complexity index is 1410. The van der Waals surface area contributed by atoms with Crippen molar-refractivity contribution in [2.24, 2.45) is 0 Å². The molecule has 3 heterocycles. The summed E-state index contributed by atoms with van der Waals surface area (Å²) >= 11 is 0. The molecule has 1 fully saturated rings. The third kappa shape index (κ3) is 4.01. The zero-order valence-corrected chi connectivity index (χ0v) is 19.6. The molecular formula is C27H25FN4O3. The lowest BCUT2D eigenvalue weighted by Gasteiger charge is -2.22. The maximum absolute atomic E-state index is 14.5. The van der Waals surface area contributed by atoms with Gasteiger partial charge in [0, 0.05) is 24.5 Å². The first-order chi connectivity index (χ1) is 17.0. The Morgan fingerprint density at radius 1 is 1.20 bits per heavy atom. The molecule has 1 aliphatic heterocycles. The summed E-state index contributed by atoms with van der Waals surface area (Å²) in [6.45, 7) is 6.26. The third-order valence-electron chi connectivity index (χ3n) is 6.28. The van der Waals surface area contributed by atoms with Crippen LogP contribution in [0.25, 0.3) is 16.8 Å². The molecule has 0 spiro atoms. The van der Waals surface area contributed by atoms with Gasteiger partial charge in [0.15, 0.2) is 11.5 Å². The molecule has 0 saturated carbocycles. The summed E-state index contributed by atoms with van der Waals surface area (Å²) in [6.07, 6.45) is 6.72. The molecule has 0 unspecified atom stereocenters. The normalized spacial score (nSPS) is 15.4. The Morgan fingerprint density at radius 3 is 2.71 bits per heavy atom. The minimum atomic E-state index is -0.555. The van der Waals surface area contributed by atoms with Gasteiger partial charge in [0.2, 0.25) is 11.7 Å². The van der Waals surface area contributed by atoms with Gasteiger partial charge in [-0.3, -0.25) is 14.2 Å². The molecule has 0 N–H and O–H groups in total. The summed E-state index contributed by atoms with van der Waals surface area (Å²) in [4.78, 5) is 23.7. The van der Waals surface area contributed by atoms with E-state index in [2.05, 4.69) is 11.6 Å². The topological polar surface area (TPSA) is 69.0 Å². The highest BCUT2D eigenvalue weighted by Gasteiger charge is 2.33. The lowest BCUT2D eigenvalue weighted by Crippen LogP contribution is -2.29. The van der Waals surface area contributed by atoms with Gasteiger partial charge in [-0.2, -0.15) is 4.39 Å². The monoisotopic (exact) mass is 472 g/mol. The van der Waals surface area contributed by atoms with E-state index in [1.165, 1.54) is 19.3 Å². The number of benzene rings is 2. The summed E-state index contributed by atoms with van der Waals surface area (Å²) in [5.74, 6) is 0.837. The van der Waals surface area contributed by atoms with Crippen LogP contribution < -0.4 is 9.47 Å². The zero-order valence-electron chi connectivity index (χ0n) is 19.6. The zero-order chi connectivity index (χ0) is 24.5. The van der Waals surface area contributed by atoms with Crippen molar-refractivity contribution in [3.05, 3.63) is 84.8 Å². The first-order valence-electron chi connectivity index (χ1n) is 11.4. The van der Waals surface area contributed by atoms with Crippen LogP contribution in [-0.4, -0.2) is 38.8 Å². The number of halogens is 1. The Kier molecular flexibility index (Phi) is 5.94. The summed E-state index contributed by atoms with van der Waals surface area (Å²) in [5.41, 5.74) is 3.35. The van der Waals surface area contributed by atoms with Gasteiger partial charge in [0.05, 0.1) is 30.1 Å². The number of fused-ring (bicyclic) bond motifs is 1. The van der Waals surface area contributed by atoms with E-state index in [0.717, 1.165) is 41.1 Å². The van der Waals surface area contributed by atoms with E-state index in [1.807, 2.05) is 34.6 Å². The van der Waals surface area contributed by atoms with Crippen molar-refractivity contribution in [1.82, 2.24) is 19.3 Å². The number of hydrogen-bond donors (Lipinski definition) is 0. The Balaban J connectivity index is 1.52. The summed E-state index contributed by atoms with van der Waals surface area (Å²) in [7, 11) is 1.41. The van der Waals surface area contributed by atoms with Gasteiger partial charge in [0.25, 0.3) is 0 Å². The Morgan fingerprint density at radius 2 is 1.97 bits per heavy atom. The molecule has 4 aromatic rings. The Hall–Kier alpha value is -4.20. The molecule has 2 aromatic heterocycles. The Labute approximate surface area is 202 Å². The molecular weight excluding hydrogens is 447 g/mol. The van der Waals surface area contributed by atoms with Crippen molar-refractivity contribution in [1.29, 1.82) is 0 Å². The molecule has 1 saturated heterocycles. The van der Waals surface area contributed by atoms with E-state index in [9.17, 15) is 9.18 Å². The van der Waals surface area contributed by atoms with Crippen molar-refractivity contribution in [3.63, 3.8) is 0 Å². The highest BCUT2D eigenvalue weighted by molar-refractivity contribution is 5.87. The first-order valence-corrected chi connectivity index (χ1v) is 11.4. The molecule has 0 bridgehead atoms. The molecule has 1 atom stereocenters. The number of imidazole rings is 1. The van der Waals surface area contributed by atoms with Crippen molar-refractivity contribution < 1.29 is 18.7 Å². The van der Waals surface area contributed by atoms with Crippen LogP contribution in [0.4, 0.5) is 4.39 Å². The number of ether oxygens (including phenoxy) is 2. The molecule has 1 aliphatic rings. The van der Waals surface area contributed by atoms with Gasteiger partial charge in [-0.05, 0) is 62.2 Å². The molecule has 0 aliphatic carbocycles.